The van der Waals surface area contributed by atoms with Gasteiger partial charge < -0.3 is 13.9 Å². The molecule has 1 saturated carbocycles. The summed E-state index contributed by atoms with van der Waals surface area (Å²) in [4.78, 5) is 12.4. The average Bonchev–Trinajstić information content (AvgIpc) is 2.85. The SMILES string of the molecule is C[C@@H]1OC2(CCCCC2)O[C@@H]1C#CC(=O)[C@@H](C)CO[Si](C)(C)C(C)(C)C. The molecule has 26 heavy (non-hydrogen) atoms. The normalized spacial score (nSPS) is 27.0. The van der Waals surface area contributed by atoms with E-state index < -0.39 is 14.1 Å². The molecule has 2 fully saturated rings. The third-order valence-electron chi connectivity index (χ3n) is 6.07. The second-order valence-electron chi connectivity index (χ2n) is 9.44. The van der Waals surface area contributed by atoms with Crippen LogP contribution in [0.1, 0.15) is 66.7 Å². The lowest BCUT2D eigenvalue weighted by Gasteiger charge is -2.36. The summed E-state index contributed by atoms with van der Waals surface area (Å²) >= 11 is 0. The number of ketones is 1. The van der Waals surface area contributed by atoms with Gasteiger partial charge in [0, 0.05) is 25.4 Å². The fraction of sp³-hybridized carbons (Fsp3) is 0.857. The molecule has 2 rings (SSSR count). The predicted molar refractivity (Wildman–Crippen MR) is 106 cm³/mol. The van der Waals surface area contributed by atoms with E-state index in [0.717, 1.165) is 25.7 Å². The lowest BCUT2D eigenvalue weighted by molar-refractivity contribution is -0.189. The van der Waals surface area contributed by atoms with Gasteiger partial charge in [-0.15, -0.1) is 0 Å². The highest BCUT2D eigenvalue weighted by atomic mass is 28.4. The molecule has 0 bridgehead atoms. The molecule has 1 spiro atoms. The van der Waals surface area contributed by atoms with Gasteiger partial charge in [-0.05, 0) is 43.8 Å². The molecule has 5 heteroatoms. The van der Waals surface area contributed by atoms with E-state index in [1.54, 1.807) is 0 Å². The van der Waals surface area contributed by atoms with Crippen LogP contribution in [0, 0.1) is 17.8 Å². The van der Waals surface area contributed by atoms with Gasteiger partial charge in [-0.2, -0.15) is 0 Å². The van der Waals surface area contributed by atoms with Crippen molar-refractivity contribution in [2.75, 3.05) is 6.61 Å². The highest BCUT2D eigenvalue weighted by Crippen LogP contribution is 2.40. The Kier molecular flexibility index (Phi) is 6.77. The number of rotatable bonds is 4. The zero-order valence-corrected chi connectivity index (χ0v) is 18.6. The highest BCUT2D eigenvalue weighted by molar-refractivity contribution is 6.74. The lowest BCUT2D eigenvalue weighted by Crippen LogP contribution is -2.42. The Morgan fingerprint density at radius 3 is 2.42 bits per heavy atom. The van der Waals surface area contributed by atoms with E-state index in [1.807, 2.05) is 13.8 Å². The van der Waals surface area contributed by atoms with E-state index >= 15 is 0 Å². The van der Waals surface area contributed by atoms with Crippen LogP contribution in [-0.4, -0.2) is 38.7 Å². The Labute approximate surface area is 160 Å². The van der Waals surface area contributed by atoms with Crippen LogP contribution in [0.25, 0.3) is 0 Å². The number of carbonyl (C=O) groups excluding carboxylic acids is 1. The van der Waals surface area contributed by atoms with Crippen LogP contribution in [0.2, 0.25) is 18.1 Å². The maximum Gasteiger partial charge on any atom is 0.210 e. The summed E-state index contributed by atoms with van der Waals surface area (Å²) < 4.78 is 18.3. The molecular formula is C21H36O4Si. The lowest BCUT2D eigenvalue weighted by atomic mass is 9.94. The highest BCUT2D eigenvalue weighted by Gasteiger charge is 2.45. The zero-order chi connectivity index (χ0) is 19.6. The van der Waals surface area contributed by atoms with Crippen molar-refractivity contribution in [3.05, 3.63) is 0 Å². The molecule has 148 valence electrons. The first kappa shape index (κ1) is 21.6. The van der Waals surface area contributed by atoms with E-state index in [1.165, 1.54) is 6.42 Å². The number of hydrogen-bond acceptors (Lipinski definition) is 4. The fourth-order valence-corrected chi connectivity index (χ4v) is 4.22. The summed E-state index contributed by atoms with van der Waals surface area (Å²) in [6.07, 6.45) is 4.96. The number of hydrogen-bond donors (Lipinski definition) is 0. The Morgan fingerprint density at radius 1 is 1.23 bits per heavy atom. The Bertz CT molecular complexity index is 561. The van der Waals surface area contributed by atoms with Crippen molar-refractivity contribution in [3.8, 4) is 11.8 Å². The van der Waals surface area contributed by atoms with E-state index in [-0.39, 0.29) is 28.9 Å². The first-order valence-corrected chi connectivity index (χ1v) is 12.9. The summed E-state index contributed by atoms with van der Waals surface area (Å²) in [7, 11) is -1.84. The fourth-order valence-electron chi connectivity index (χ4n) is 3.12. The molecule has 1 heterocycles. The third kappa shape index (κ3) is 5.19. The van der Waals surface area contributed by atoms with E-state index in [4.69, 9.17) is 13.9 Å². The van der Waals surface area contributed by atoms with Crippen LogP contribution in [0.15, 0.2) is 0 Å². The van der Waals surface area contributed by atoms with Crippen molar-refractivity contribution < 1.29 is 18.7 Å². The van der Waals surface area contributed by atoms with Gasteiger partial charge >= 0.3 is 0 Å². The van der Waals surface area contributed by atoms with Crippen molar-refractivity contribution in [1.82, 2.24) is 0 Å². The molecule has 2 aliphatic rings. The molecule has 1 saturated heterocycles. The smallest absolute Gasteiger partial charge is 0.210 e. The van der Waals surface area contributed by atoms with Gasteiger partial charge in [0.1, 0.15) is 6.10 Å². The maximum absolute atomic E-state index is 12.4. The first-order valence-electron chi connectivity index (χ1n) is 10.0. The summed E-state index contributed by atoms with van der Waals surface area (Å²) in [5.74, 6) is 5.05. The number of carbonyl (C=O) groups is 1. The number of Topliss-reactive ketones (excluding diaryl/α,β-unsaturated/α-hetero) is 1. The van der Waals surface area contributed by atoms with Crippen molar-refractivity contribution in [2.45, 2.75) is 103 Å². The topological polar surface area (TPSA) is 44.8 Å². The molecule has 0 aromatic carbocycles. The third-order valence-corrected chi connectivity index (χ3v) is 10.6. The quantitative estimate of drug-likeness (QED) is 0.403. The minimum Gasteiger partial charge on any atom is -0.416 e. The van der Waals surface area contributed by atoms with Gasteiger partial charge in [-0.3, -0.25) is 4.79 Å². The Balaban J connectivity index is 1.89. The van der Waals surface area contributed by atoms with Gasteiger partial charge in [0.2, 0.25) is 5.78 Å². The standard InChI is InChI=1S/C21H36O4Si/c1-16(15-23-26(6,7)20(3,4)5)18(22)11-12-19-17(2)24-21(25-19)13-9-8-10-14-21/h16-17,19H,8-10,13-15H2,1-7H3/t16-,17-,19+/m0/s1. The van der Waals surface area contributed by atoms with Gasteiger partial charge in [-0.25, -0.2) is 0 Å². The van der Waals surface area contributed by atoms with E-state index in [2.05, 4.69) is 45.7 Å². The van der Waals surface area contributed by atoms with Crippen LogP contribution in [-0.2, 0) is 18.7 Å². The second kappa shape index (κ2) is 8.14. The summed E-state index contributed by atoms with van der Waals surface area (Å²) in [6, 6.07) is 0. The molecule has 0 amide bonds. The van der Waals surface area contributed by atoms with Crippen LogP contribution in [0.5, 0.6) is 0 Å². The van der Waals surface area contributed by atoms with Crippen LogP contribution >= 0.6 is 0 Å². The average molecular weight is 381 g/mol. The summed E-state index contributed by atoms with van der Waals surface area (Å²) in [6.45, 7) is 15.3. The van der Waals surface area contributed by atoms with E-state index in [0.29, 0.717) is 6.61 Å². The molecule has 0 aromatic heterocycles. The van der Waals surface area contributed by atoms with Crippen LogP contribution in [0.3, 0.4) is 0 Å². The molecule has 3 atom stereocenters. The molecule has 1 aliphatic heterocycles. The minimum atomic E-state index is -1.84. The van der Waals surface area contributed by atoms with Crippen molar-refractivity contribution in [2.24, 2.45) is 5.92 Å². The van der Waals surface area contributed by atoms with Gasteiger partial charge in [0.25, 0.3) is 0 Å². The molecule has 0 radical (unpaired) electrons. The maximum atomic E-state index is 12.4. The van der Waals surface area contributed by atoms with Gasteiger partial charge in [0.15, 0.2) is 14.1 Å². The Morgan fingerprint density at radius 2 is 1.85 bits per heavy atom. The van der Waals surface area contributed by atoms with Crippen molar-refractivity contribution >= 4 is 14.1 Å². The summed E-state index contributed by atoms with van der Waals surface area (Å²) in [5, 5.41) is 0.139. The second-order valence-corrected chi connectivity index (χ2v) is 14.2. The predicted octanol–water partition coefficient (Wildman–Crippen LogP) is 4.68. The Hall–Kier alpha value is -0.673. The molecule has 1 aliphatic carbocycles. The molecular weight excluding hydrogens is 344 g/mol. The minimum absolute atomic E-state index is 0.0795. The monoisotopic (exact) mass is 380 g/mol. The van der Waals surface area contributed by atoms with Gasteiger partial charge in [-0.1, -0.05) is 40.0 Å². The molecule has 0 N–H and O–H groups in total. The van der Waals surface area contributed by atoms with Crippen LogP contribution < -0.4 is 0 Å². The van der Waals surface area contributed by atoms with Gasteiger partial charge in [0.05, 0.1) is 6.10 Å². The molecule has 4 nitrogen and oxygen atoms in total. The van der Waals surface area contributed by atoms with Crippen molar-refractivity contribution in [1.29, 1.82) is 0 Å². The van der Waals surface area contributed by atoms with Crippen LogP contribution in [0.4, 0.5) is 0 Å². The van der Waals surface area contributed by atoms with E-state index in [9.17, 15) is 4.79 Å². The molecule has 0 unspecified atom stereocenters. The van der Waals surface area contributed by atoms with Crippen molar-refractivity contribution in [3.63, 3.8) is 0 Å². The largest absolute Gasteiger partial charge is 0.416 e. The molecule has 0 aromatic rings. The number of ether oxygens (including phenoxy) is 2. The first-order chi connectivity index (χ1) is 12.0. The zero-order valence-electron chi connectivity index (χ0n) is 17.6. The summed E-state index contributed by atoms with van der Waals surface area (Å²) in [5.41, 5.74) is 0.